The van der Waals surface area contributed by atoms with Gasteiger partial charge in [-0.1, -0.05) is 42.5 Å². The third-order valence-electron chi connectivity index (χ3n) is 6.48. The molecule has 12 heteroatoms. The first-order valence-electron chi connectivity index (χ1n) is 14.3. The summed E-state index contributed by atoms with van der Waals surface area (Å²) in [5.41, 5.74) is 6.09. The van der Waals surface area contributed by atoms with E-state index in [0.29, 0.717) is 57.8 Å². The van der Waals surface area contributed by atoms with E-state index in [1.165, 1.54) is 6.21 Å². The van der Waals surface area contributed by atoms with Gasteiger partial charge in [0, 0.05) is 11.3 Å². The van der Waals surface area contributed by atoms with E-state index in [-0.39, 0.29) is 19.2 Å². The van der Waals surface area contributed by atoms with Crippen LogP contribution in [0.15, 0.2) is 89.2 Å². The topological polar surface area (TPSA) is 137 Å². The van der Waals surface area contributed by atoms with Crippen molar-refractivity contribution in [2.75, 3.05) is 19.8 Å². The largest absolute Gasteiger partial charge is 0.489 e. The summed E-state index contributed by atoms with van der Waals surface area (Å²) < 4.78 is 22.0. The zero-order chi connectivity index (χ0) is 32.2. The lowest BCUT2D eigenvalue weighted by Gasteiger charge is -2.30. The average molecular weight is 631 g/mol. The summed E-state index contributed by atoms with van der Waals surface area (Å²) in [7, 11) is 0. The third-order valence-corrected chi connectivity index (χ3v) is 6.70. The SMILES string of the molecule is CCOC(=O)C1=C(C)NC(=S)N[C@@H]1c1ccccc1OCC(=O)NN=Cc1cccc(OCc2ccc(C(=O)OCC)cc2)c1. The van der Waals surface area contributed by atoms with Crippen molar-refractivity contribution in [3.05, 3.63) is 106 Å². The van der Waals surface area contributed by atoms with Crippen LogP contribution in [0, 0.1) is 0 Å². The monoisotopic (exact) mass is 630 g/mol. The maximum Gasteiger partial charge on any atom is 0.338 e. The zero-order valence-corrected chi connectivity index (χ0v) is 25.9. The number of hydrogen-bond acceptors (Lipinski definition) is 9. The molecule has 1 aliphatic heterocycles. The summed E-state index contributed by atoms with van der Waals surface area (Å²) in [5.74, 6) is -0.322. The predicted octanol–water partition coefficient (Wildman–Crippen LogP) is 4.33. The van der Waals surface area contributed by atoms with Gasteiger partial charge in [0.15, 0.2) is 11.7 Å². The smallest absolute Gasteiger partial charge is 0.338 e. The van der Waals surface area contributed by atoms with E-state index in [1.807, 2.05) is 30.3 Å². The van der Waals surface area contributed by atoms with Crippen LogP contribution in [0.3, 0.4) is 0 Å². The molecule has 0 fully saturated rings. The summed E-state index contributed by atoms with van der Waals surface area (Å²) in [4.78, 5) is 37.1. The van der Waals surface area contributed by atoms with Gasteiger partial charge in [-0.3, -0.25) is 4.79 Å². The van der Waals surface area contributed by atoms with Crippen LogP contribution in [0.25, 0.3) is 0 Å². The number of nitrogens with one attached hydrogen (secondary N) is 3. The van der Waals surface area contributed by atoms with Crippen LogP contribution in [0.2, 0.25) is 0 Å². The number of carbonyl (C=O) groups is 3. The molecule has 1 heterocycles. The van der Waals surface area contributed by atoms with E-state index in [9.17, 15) is 14.4 Å². The highest BCUT2D eigenvalue weighted by molar-refractivity contribution is 7.80. The van der Waals surface area contributed by atoms with E-state index in [2.05, 4.69) is 21.2 Å². The van der Waals surface area contributed by atoms with Crippen molar-refractivity contribution in [2.24, 2.45) is 5.10 Å². The molecule has 0 unspecified atom stereocenters. The molecule has 45 heavy (non-hydrogen) atoms. The Bertz CT molecular complexity index is 1600. The van der Waals surface area contributed by atoms with E-state index in [0.717, 1.165) is 5.56 Å². The lowest BCUT2D eigenvalue weighted by molar-refractivity contribution is -0.139. The van der Waals surface area contributed by atoms with E-state index >= 15 is 0 Å². The summed E-state index contributed by atoms with van der Waals surface area (Å²) in [6, 6.07) is 20.7. The molecule has 0 aliphatic carbocycles. The standard InChI is InChI=1S/C33H34N4O7S/c1-4-41-31(39)24-15-13-22(14-16-24)19-43-25-10-8-9-23(17-25)18-34-37-28(38)20-44-27-12-7-6-11-26(27)30-29(32(40)42-5-2)21(3)35-33(45)36-30/h6-18,30H,4-5,19-20H2,1-3H3,(H,37,38)(H2,35,36,45)/t30-/m1/s1. The quantitative estimate of drug-likeness (QED) is 0.108. The maximum absolute atomic E-state index is 12.7. The second-order valence-electron chi connectivity index (χ2n) is 9.69. The number of rotatable bonds is 13. The second kappa shape index (κ2) is 16.0. The number of esters is 2. The van der Waals surface area contributed by atoms with Gasteiger partial charge in [0.1, 0.15) is 18.1 Å². The van der Waals surface area contributed by atoms with Crippen molar-refractivity contribution in [2.45, 2.75) is 33.4 Å². The molecule has 3 aromatic rings. The Balaban J connectivity index is 1.32. The molecule has 1 aliphatic rings. The molecule has 1 atom stereocenters. The summed E-state index contributed by atoms with van der Waals surface area (Å²) in [6.45, 7) is 5.76. The Morgan fingerprint density at radius 1 is 0.933 bits per heavy atom. The minimum atomic E-state index is -0.631. The van der Waals surface area contributed by atoms with Gasteiger partial charge in [0.05, 0.1) is 36.6 Å². The van der Waals surface area contributed by atoms with Crippen LogP contribution >= 0.6 is 12.2 Å². The van der Waals surface area contributed by atoms with E-state index in [1.54, 1.807) is 63.2 Å². The van der Waals surface area contributed by atoms with E-state index in [4.69, 9.17) is 31.2 Å². The number of carbonyl (C=O) groups excluding carboxylic acids is 3. The van der Waals surface area contributed by atoms with Crippen LogP contribution < -0.4 is 25.5 Å². The van der Waals surface area contributed by atoms with Gasteiger partial charge in [-0.25, -0.2) is 15.0 Å². The van der Waals surface area contributed by atoms with Gasteiger partial charge < -0.3 is 29.6 Å². The summed E-state index contributed by atoms with van der Waals surface area (Å²) >= 11 is 5.31. The van der Waals surface area contributed by atoms with Gasteiger partial charge in [-0.05, 0) is 74.4 Å². The Labute approximate surface area is 266 Å². The third kappa shape index (κ3) is 9.13. The molecule has 0 radical (unpaired) electrons. The number of amides is 1. The lowest BCUT2D eigenvalue weighted by Crippen LogP contribution is -2.45. The minimum Gasteiger partial charge on any atom is -0.489 e. The normalized spacial score (nSPS) is 14.3. The van der Waals surface area contributed by atoms with Crippen molar-refractivity contribution in [3.8, 4) is 11.5 Å². The fourth-order valence-corrected chi connectivity index (χ4v) is 4.69. The number of hydrogen-bond donors (Lipinski definition) is 3. The van der Waals surface area contributed by atoms with E-state index < -0.39 is 17.9 Å². The molecule has 234 valence electrons. The highest BCUT2D eigenvalue weighted by Crippen LogP contribution is 2.33. The van der Waals surface area contributed by atoms with Crippen LogP contribution in [0.4, 0.5) is 0 Å². The van der Waals surface area contributed by atoms with Gasteiger partial charge >= 0.3 is 11.9 Å². The van der Waals surface area contributed by atoms with Gasteiger partial charge in [-0.15, -0.1) is 0 Å². The van der Waals surface area contributed by atoms with Crippen molar-refractivity contribution in [3.63, 3.8) is 0 Å². The molecule has 0 saturated carbocycles. The number of allylic oxidation sites excluding steroid dienone is 1. The highest BCUT2D eigenvalue weighted by atomic mass is 32.1. The van der Waals surface area contributed by atoms with Gasteiger partial charge in [0.25, 0.3) is 5.91 Å². The van der Waals surface area contributed by atoms with Crippen LogP contribution in [0.1, 0.15) is 53.9 Å². The first kappa shape index (κ1) is 32.7. The molecule has 4 rings (SSSR count). The first-order valence-corrected chi connectivity index (χ1v) is 14.7. The van der Waals surface area contributed by atoms with Crippen molar-refractivity contribution in [1.82, 2.24) is 16.1 Å². The summed E-state index contributed by atoms with van der Waals surface area (Å²) in [5, 5.41) is 10.4. The Morgan fingerprint density at radius 3 is 2.42 bits per heavy atom. The number of para-hydroxylation sites is 1. The maximum atomic E-state index is 12.7. The molecule has 1 amide bonds. The number of ether oxygens (including phenoxy) is 4. The number of nitrogens with zero attached hydrogens (tertiary/aromatic N) is 1. The number of thiocarbonyl (C=S) groups is 1. The molecule has 0 saturated heterocycles. The highest BCUT2D eigenvalue weighted by Gasteiger charge is 2.32. The number of hydrazone groups is 1. The first-order chi connectivity index (χ1) is 21.8. The fraction of sp³-hybridized carbons (Fsp3) is 0.242. The van der Waals surface area contributed by atoms with Crippen molar-refractivity contribution >= 4 is 41.4 Å². The van der Waals surface area contributed by atoms with Gasteiger partial charge in [-0.2, -0.15) is 5.10 Å². The molecule has 0 spiro atoms. The molecular formula is C33H34N4O7S. The van der Waals surface area contributed by atoms with Crippen molar-refractivity contribution < 1.29 is 33.3 Å². The predicted molar refractivity (Wildman–Crippen MR) is 172 cm³/mol. The summed E-state index contributed by atoms with van der Waals surface area (Å²) in [6.07, 6.45) is 1.49. The van der Waals surface area contributed by atoms with Crippen LogP contribution in [-0.4, -0.2) is 49.0 Å². The van der Waals surface area contributed by atoms with Crippen LogP contribution in [-0.2, 0) is 25.7 Å². The molecular weight excluding hydrogens is 596 g/mol. The Hall–Kier alpha value is -5.23. The lowest BCUT2D eigenvalue weighted by atomic mass is 9.95. The minimum absolute atomic E-state index is 0.219. The van der Waals surface area contributed by atoms with Gasteiger partial charge in [0.2, 0.25) is 0 Å². The average Bonchev–Trinajstić information content (AvgIpc) is 3.03. The Kier molecular flexibility index (Phi) is 11.6. The van der Waals surface area contributed by atoms with Crippen LogP contribution in [0.5, 0.6) is 11.5 Å². The molecule has 11 nitrogen and oxygen atoms in total. The Morgan fingerprint density at radius 2 is 1.67 bits per heavy atom. The zero-order valence-electron chi connectivity index (χ0n) is 25.1. The molecule has 0 aromatic heterocycles. The fourth-order valence-electron chi connectivity index (χ4n) is 4.41. The number of benzene rings is 3. The molecule has 3 aromatic carbocycles. The molecule has 3 N–H and O–H groups in total. The van der Waals surface area contributed by atoms with Crippen molar-refractivity contribution in [1.29, 1.82) is 0 Å². The second-order valence-corrected chi connectivity index (χ2v) is 10.1. The molecule has 0 bridgehead atoms.